The third kappa shape index (κ3) is 6.30. The molecule has 0 saturated heterocycles. The van der Waals surface area contributed by atoms with Crippen LogP contribution in [-0.4, -0.2) is 53.1 Å². The zero-order valence-electron chi connectivity index (χ0n) is 16.3. The summed E-state index contributed by atoms with van der Waals surface area (Å²) in [6.45, 7) is 9.55. The third-order valence-electron chi connectivity index (χ3n) is 4.57. The molecule has 0 bridgehead atoms. The van der Waals surface area contributed by atoms with Gasteiger partial charge >= 0.3 is 0 Å². The van der Waals surface area contributed by atoms with Crippen molar-refractivity contribution < 1.29 is 4.74 Å². The van der Waals surface area contributed by atoms with Gasteiger partial charge in [0.25, 0.3) is 0 Å². The summed E-state index contributed by atoms with van der Waals surface area (Å²) < 4.78 is 7.75. The molecule has 0 radical (unpaired) electrons. The van der Waals surface area contributed by atoms with Crippen LogP contribution in [0.2, 0.25) is 0 Å². The zero-order chi connectivity index (χ0) is 18.1. The number of guanidine groups is 1. The minimum Gasteiger partial charge on any atom is -0.377 e. The first-order valence-electron chi connectivity index (χ1n) is 9.54. The van der Waals surface area contributed by atoms with E-state index in [0.29, 0.717) is 6.54 Å². The van der Waals surface area contributed by atoms with E-state index in [4.69, 9.17) is 4.74 Å². The number of nitrogens with zero attached hydrogens (tertiary/aromatic N) is 4. The number of aryl methyl sites for hydroxylation is 2. The number of rotatable bonds is 8. The molecule has 0 atom stereocenters. The van der Waals surface area contributed by atoms with Crippen molar-refractivity contribution in [1.82, 2.24) is 25.4 Å². The molecule has 0 fully saturated rings. The Bertz CT molecular complexity index is 552. The molecule has 25 heavy (non-hydrogen) atoms. The lowest BCUT2D eigenvalue weighted by atomic mass is 10.1. The van der Waals surface area contributed by atoms with Crippen LogP contribution >= 0.6 is 0 Å². The molecule has 1 aliphatic heterocycles. The fourth-order valence-corrected chi connectivity index (χ4v) is 2.86. The van der Waals surface area contributed by atoms with E-state index in [-0.39, 0.29) is 5.60 Å². The van der Waals surface area contributed by atoms with Gasteiger partial charge in [-0.3, -0.25) is 4.99 Å². The fraction of sp³-hybridized carbons (Fsp3) is 0.833. The molecule has 0 aliphatic carbocycles. The Labute approximate surface area is 151 Å². The highest BCUT2D eigenvalue weighted by Crippen LogP contribution is 2.15. The van der Waals surface area contributed by atoms with Gasteiger partial charge in [-0.2, -0.15) is 0 Å². The number of fused-ring (bicyclic) bond motifs is 1. The predicted molar refractivity (Wildman–Crippen MR) is 101 cm³/mol. The molecule has 0 unspecified atom stereocenters. The minimum absolute atomic E-state index is 0.249. The SMILES string of the molecule is CCNC(=NCC(C)(C)OC)NCCCc1nnc2n1CCCCC2. The molecule has 0 spiro atoms. The molecule has 1 aromatic rings. The van der Waals surface area contributed by atoms with Crippen LogP contribution in [0.4, 0.5) is 0 Å². The van der Waals surface area contributed by atoms with E-state index in [2.05, 4.69) is 37.3 Å². The van der Waals surface area contributed by atoms with Gasteiger partial charge in [0.15, 0.2) is 5.96 Å². The smallest absolute Gasteiger partial charge is 0.191 e. The molecule has 2 rings (SSSR count). The normalized spacial score (nSPS) is 15.6. The van der Waals surface area contributed by atoms with Gasteiger partial charge in [0.05, 0.1) is 12.1 Å². The highest BCUT2D eigenvalue weighted by atomic mass is 16.5. The molecule has 1 aromatic heterocycles. The van der Waals surface area contributed by atoms with E-state index in [1.807, 2.05) is 13.8 Å². The van der Waals surface area contributed by atoms with Gasteiger partial charge in [-0.05, 0) is 40.0 Å². The standard InChI is InChI=1S/C18H34N6O/c1-5-19-17(21-14-18(2,3)25-4)20-12-9-11-16-23-22-15-10-7-6-8-13-24(15)16/h5-14H2,1-4H3,(H2,19,20,21). The van der Waals surface area contributed by atoms with Gasteiger partial charge in [0.2, 0.25) is 0 Å². The molecule has 7 nitrogen and oxygen atoms in total. The van der Waals surface area contributed by atoms with Crippen LogP contribution in [0.25, 0.3) is 0 Å². The van der Waals surface area contributed by atoms with Crippen LogP contribution in [0, 0.1) is 0 Å². The molecule has 0 amide bonds. The summed E-state index contributed by atoms with van der Waals surface area (Å²) in [5.74, 6) is 3.13. The maximum absolute atomic E-state index is 5.42. The van der Waals surface area contributed by atoms with Crippen molar-refractivity contribution in [2.45, 2.75) is 71.4 Å². The quantitative estimate of drug-likeness (QED) is 0.425. The number of hydrogen-bond acceptors (Lipinski definition) is 4. The van der Waals surface area contributed by atoms with Crippen molar-refractivity contribution in [2.75, 3.05) is 26.7 Å². The maximum atomic E-state index is 5.42. The van der Waals surface area contributed by atoms with Crippen LogP contribution in [0.1, 0.15) is 58.1 Å². The monoisotopic (exact) mass is 350 g/mol. The number of hydrogen-bond donors (Lipinski definition) is 2. The molecular formula is C18H34N6O. The van der Waals surface area contributed by atoms with E-state index < -0.39 is 0 Å². The molecule has 142 valence electrons. The largest absolute Gasteiger partial charge is 0.377 e. The molecule has 2 N–H and O–H groups in total. The summed E-state index contributed by atoms with van der Waals surface area (Å²) >= 11 is 0. The van der Waals surface area contributed by atoms with Gasteiger partial charge in [0.1, 0.15) is 11.6 Å². The summed E-state index contributed by atoms with van der Waals surface area (Å²) in [5.41, 5.74) is -0.249. The van der Waals surface area contributed by atoms with Gasteiger partial charge in [0, 0.05) is 39.6 Å². The second-order valence-corrected chi connectivity index (χ2v) is 7.18. The maximum Gasteiger partial charge on any atom is 0.191 e. The number of aromatic nitrogens is 3. The first-order valence-corrected chi connectivity index (χ1v) is 9.54. The first kappa shape index (κ1) is 19.7. The van der Waals surface area contributed by atoms with Crippen LogP contribution in [0.15, 0.2) is 4.99 Å². The molecule has 2 heterocycles. The zero-order valence-corrected chi connectivity index (χ0v) is 16.3. The minimum atomic E-state index is -0.249. The van der Waals surface area contributed by atoms with Crippen LogP contribution in [0.3, 0.4) is 0 Å². The van der Waals surface area contributed by atoms with E-state index in [1.165, 1.54) is 19.3 Å². The lowest BCUT2D eigenvalue weighted by molar-refractivity contribution is 0.0310. The molecular weight excluding hydrogens is 316 g/mol. The van der Waals surface area contributed by atoms with Gasteiger partial charge in [-0.25, -0.2) is 0 Å². The topological polar surface area (TPSA) is 76.4 Å². The second kappa shape index (κ2) is 9.75. The fourth-order valence-electron chi connectivity index (χ4n) is 2.86. The van der Waals surface area contributed by atoms with Crippen LogP contribution in [0.5, 0.6) is 0 Å². The first-order chi connectivity index (χ1) is 12.1. The number of methoxy groups -OCH3 is 1. The molecule has 7 heteroatoms. The number of ether oxygens (including phenoxy) is 1. The molecule has 0 aromatic carbocycles. The predicted octanol–water partition coefficient (Wildman–Crippen LogP) is 1.92. The Kier molecular flexibility index (Phi) is 7.68. The van der Waals surface area contributed by atoms with Gasteiger partial charge in [-0.15, -0.1) is 10.2 Å². The summed E-state index contributed by atoms with van der Waals surface area (Å²) in [4.78, 5) is 4.61. The van der Waals surface area contributed by atoms with E-state index >= 15 is 0 Å². The van der Waals surface area contributed by atoms with Crippen molar-refractivity contribution in [3.8, 4) is 0 Å². The van der Waals surface area contributed by atoms with Crippen LogP contribution in [-0.2, 0) is 24.1 Å². The van der Waals surface area contributed by atoms with Crippen molar-refractivity contribution >= 4 is 5.96 Å². The summed E-state index contributed by atoms with van der Waals surface area (Å²) in [7, 11) is 1.72. The summed E-state index contributed by atoms with van der Waals surface area (Å²) in [6.07, 6.45) is 6.80. The van der Waals surface area contributed by atoms with E-state index in [1.54, 1.807) is 7.11 Å². The summed E-state index contributed by atoms with van der Waals surface area (Å²) in [6, 6.07) is 0. The van der Waals surface area contributed by atoms with Crippen molar-refractivity contribution in [2.24, 2.45) is 4.99 Å². The molecule has 0 saturated carbocycles. The molecule has 1 aliphatic rings. The van der Waals surface area contributed by atoms with E-state index in [9.17, 15) is 0 Å². The average Bonchev–Trinajstić information content (AvgIpc) is 2.83. The van der Waals surface area contributed by atoms with Gasteiger partial charge < -0.3 is 19.9 Å². The Hall–Kier alpha value is -1.63. The van der Waals surface area contributed by atoms with Crippen molar-refractivity contribution in [3.63, 3.8) is 0 Å². The van der Waals surface area contributed by atoms with Crippen molar-refractivity contribution in [1.29, 1.82) is 0 Å². The number of nitrogens with one attached hydrogen (secondary N) is 2. The summed E-state index contributed by atoms with van der Waals surface area (Å²) in [5, 5.41) is 15.4. The van der Waals surface area contributed by atoms with E-state index in [0.717, 1.165) is 56.5 Å². The van der Waals surface area contributed by atoms with Crippen molar-refractivity contribution in [3.05, 3.63) is 11.6 Å². The third-order valence-corrected chi connectivity index (χ3v) is 4.57. The average molecular weight is 351 g/mol. The van der Waals surface area contributed by atoms with Crippen LogP contribution < -0.4 is 10.6 Å². The van der Waals surface area contributed by atoms with Gasteiger partial charge in [-0.1, -0.05) is 6.42 Å². The highest BCUT2D eigenvalue weighted by Gasteiger charge is 2.16. The second-order valence-electron chi connectivity index (χ2n) is 7.18. The highest BCUT2D eigenvalue weighted by molar-refractivity contribution is 5.79. The number of aliphatic imine (C=N–C) groups is 1. The lowest BCUT2D eigenvalue weighted by Crippen LogP contribution is -2.39. The Morgan fingerprint density at radius 3 is 2.84 bits per heavy atom. The lowest BCUT2D eigenvalue weighted by Gasteiger charge is -2.21. The Balaban J connectivity index is 1.80. The Morgan fingerprint density at radius 2 is 2.08 bits per heavy atom. The Morgan fingerprint density at radius 1 is 1.24 bits per heavy atom.